The largest absolute Gasteiger partial charge is 0.462 e. The molecule has 124 valence electrons. The van der Waals surface area contributed by atoms with Crippen LogP contribution in [0.3, 0.4) is 0 Å². The molecule has 2 rings (SSSR count). The summed E-state index contributed by atoms with van der Waals surface area (Å²) in [5.74, 6) is -0.561. The highest BCUT2D eigenvalue weighted by Gasteiger charge is 2.23. The van der Waals surface area contributed by atoms with E-state index in [-0.39, 0.29) is 17.7 Å². The van der Waals surface area contributed by atoms with Crippen molar-refractivity contribution < 1.29 is 9.53 Å². The number of carbonyl (C=O) groups is 1. The molecular weight excluding hydrogens is 306 g/mol. The van der Waals surface area contributed by atoms with Crippen LogP contribution in [0.2, 0.25) is 0 Å². The van der Waals surface area contributed by atoms with E-state index in [1.54, 1.807) is 26.0 Å². The second-order valence-corrected chi connectivity index (χ2v) is 5.48. The normalized spacial score (nSPS) is 10.1. The van der Waals surface area contributed by atoms with E-state index in [2.05, 4.69) is 4.98 Å². The highest BCUT2D eigenvalue weighted by Crippen LogP contribution is 2.29. The van der Waals surface area contributed by atoms with Crippen LogP contribution < -0.4 is 10.5 Å². The quantitative estimate of drug-likeness (QED) is 0.873. The van der Waals surface area contributed by atoms with Gasteiger partial charge >= 0.3 is 5.97 Å². The van der Waals surface area contributed by atoms with Gasteiger partial charge in [-0.1, -0.05) is 12.1 Å². The molecule has 0 bridgehead atoms. The van der Waals surface area contributed by atoms with Crippen LogP contribution in [-0.2, 0) is 4.74 Å². The zero-order chi connectivity index (χ0) is 17.9. The molecule has 1 N–H and O–H groups in total. The third-order valence-corrected chi connectivity index (χ3v) is 3.67. The van der Waals surface area contributed by atoms with Crippen LogP contribution >= 0.6 is 0 Å². The molecule has 0 saturated carbocycles. The first-order valence-electron chi connectivity index (χ1n) is 7.52. The zero-order valence-corrected chi connectivity index (χ0v) is 14.1. The molecular formula is C18H19N3O3. The summed E-state index contributed by atoms with van der Waals surface area (Å²) < 4.78 is 5.09. The number of aromatic nitrogens is 1. The Labute approximate surface area is 140 Å². The molecule has 1 aromatic heterocycles. The van der Waals surface area contributed by atoms with Gasteiger partial charge in [0, 0.05) is 31.0 Å². The van der Waals surface area contributed by atoms with Crippen LogP contribution in [0.15, 0.2) is 29.1 Å². The fourth-order valence-corrected chi connectivity index (χ4v) is 2.50. The van der Waals surface area contributed by atoms with Gasteiger partial charge in [-0.05, 0) is 31.5 Å². The van der Waals surface area contributed by atoms with Crippen LogP contribution in [0.4, 0.5) is 5.69 Å². The van der Waals surface area contributed by atoms with E-state index >= 15 is 0 Å². The summed E-state index contributed by atoms with van der Waals surface area (Å²) in [6.45, 7) is 3.53. The molecule has 2 aromatic rings. The Morgan fingerprint density at radius 2 is 1.92 bits per heavy atom. The lowest BCUT2D eigenvalue weighted by Gasteiger charge is -2.15. The van der Waals surface area contributed by atoms with Gasteiger partial charge in [0.2, 0.25) is 0 Å². The number of esters is 1. The number of benzene rings is 1. The monoisotopic (exact) mass is 325 g/mol. The third-order valence-electron chi connectivity index (χ3n) is 3.67. The Kier molecular flexibility index (Phi) is 5.05. The van der Waals surface area contributed by atoms with Crippen molar-refractivity contribution in [3.63, 3.8) is 0 Å². The van der Waals surface area contributed by atoms with Gasteiger partial charge in [0.05, 0.1) is 12.2 Å². The molecule has 1 heterocycles. The number of aryl methyl sites for hydroxylation is 1. The molecule has 0 spiro atoms. The molecule has 6 nitrogen and oxygen atoms in total. The Hall–Kier alpha value is -3.07. The minimum Gasteiger partial charge on any atom is -0.462 e. The van der Waals surface area contributed by atoms with Gasteiger partial charge in [-0.3, -0.25) is 4.79 Å². The van der Waals surface area contributed by atoms with Crippen molar-refractivity contribution in [2.24, 2.45) is 0 Å². The molecule has 1 aromatic carbocycles. The fraction of sp³-hybridized carbons (Fsp3) is 0.278. The minimum absolute atomic E-state index is 0.0961. The lowest BCUT2D eigenvalue weighted by Crippen LogP contribution is -2.20. The summed E-state index contributed by atoms with van der Waals surface area (Å²) in [6, 6.07) is 9.20. The summed E-state index contributed by atoms with van der Waals surface area (Å²) in [5.41, 5.74) is 1.87. The second-order valence-electron chi connectivity index (χ2n) is 5.48. The lowest BCUT2D eigenvalue weighted by molar-refractivity contribution is 0.0526. The number of nitrogens with one attached hydrogen (secondary N) is 1. The zero-order valence-electron chi connectivity index (χ0n) is 14.1. The van der Waals surface area contributed by atoms with Crippen molar-refractivity contribution in [2.75, 3.05) is 25.6 Å². The SMILES string of the molecule is CCOC(=O)c1c(C)[nH]c(=O)c(C#N)c1-c1ccc(N(C)C)cc1. The maximum Gasteiger partial charge on any atom is 0.340 e. The van der Waals surface area contributed by atoms with Crippen molar-refractivity contribution >= 4 is 11.7 Å². The smallest absolute Gasteiger partial charge is 0.340 e. The van der Waals surface area contributed by atoms with Crippen LogP contribution in [0.25, 0.3) is 11.1 Å². The Morgan fingerprint density at radius 3 is 2.42 bits per heavy atom. The van der Waals surface area contributed by atoms with Crippen LogP contribution in [0.1, 0.15) is 28.5 Å². The van der Waals surface area contributed by atoms with E-state index in [9.17, 15) is 14.9 Å². The van der Waals surface area contributed by atoms with Gasteiger partial charge in [0.1, 0.15) is 11.6 Å². The van der Waals surface area contributed by atoms with Gasteiger partial charge in [0.25, 0.3) is 5.56 Å². The highest BCUT2D eigenvalue weighted by molar-refractivity contribution is 5.99. The molecule has 0 aliphatic carbocycles. The van der Waals surface area contributed by atoms with Crippen molar-refractivity contribution in [2.45, 2.75) is 13.8 Å². The van der Waals surface area contributed by atoms with Gasteiger partial charge < -0.3 is 14.6 Å². The van der Waals surface area contributed by atoms with E-state index in [0.717, 1.165) is 5.69 Å². The van der Waals surface area contributed by atoms with Crippen molar-refractivity contribution in [3.8, 4) is 17.2 Å². The maximum atomic E-state index is 12.4. The number of nitrogens with zero attached hydrogens (tertiary/aromatic N) is 2. The molecule has 0 amide bonds. The van der Waals surface area contributed by atoms with Gasteiger partial charge in [0.15, 0.2) is 0 Å². The average molecular weight is 325 g/mol. The lowest BCUT2D eigenvalue weighted by atomic mass is 9.94. The van der Waals surface area contributed by atoms with E-state index in [1.807, 2.05) is 37.2 Å². The number of ether oxygens (including phenoxy) is 1. The molecule has 6 heteroatoms. The number of hydrogen-bond donors (Lipinski definition) is 1. The summed E-state index contributed by atoms with van der Waals surface area (Å²) in [7, 11) is 3.83. The molecule has 0 aliphatic heterocycles. The summed E-state index contributed by atoms with van der Waals surface area (Å²) in [4.78, 5) is 29.0. The summed E-state index contributed by atoms with van der Waals surface area (Å²) >= 11 is 0. The number of nitriles is 1. The fourth-order valence-electron chi connectivity index (χ4n) is 2.50. The predicted molar refractivity (Wildman–Crippen MR) is 92.2 cm³/mol. The van der Waals surface area contributed by atoms with E-state index < -0.39 is 11.5 Å². The van der Waals surface area contributed by atoms with E-state index in [0.29, 0.717) is 16.8 Å². The Morgan fingerprint density at radius 1 is 1.29 bits per heavy atom. The average Bonchev–Trinajstić information content (AvgIpc) is 2.54. The van der Waals surface area contributed by atoms with E-state index in [1.165, 1.54) is 0 Å². The number of carbonyl (C=O) groups excluding carboxylic acids is 1. The van der Waals surface area contributed by atoms with Gasteiger partial charge in [-0.2, -0.15) is 5.26 Å². The third kappa shape index (κ3) is 3.15. The number of H-pyrrole nitrogens is 1. The molecule has 0 radical (unpaired) electrons. The number of hydrogen-bond acceptors (Lipinski definition) is 5. The molecule has 0 aliphatic rings. The molecule has 0 unspecified atom stereocenters. The van der Waals surface area contributed by atoms with Gasteiger partial charge in [-0.25, -0.2) is 4.79 Å². The highest BCUT2D eigenvalue weighted by atomic mass is 16.5. The molecule has 0 fully saturated rings. The van der Waals surface area contributed by atoms with Crippen molar-refractivity contribution in [1.29, 1.82) is 5.26 Å². The number of aromatic amines is 1. The topological polar surface area (TPSA) is 86.2 Å². The van der Waals surface area contributed by atoms with Crippen LogP contribution in [0, 0.1) is 18.3 Å². The molecule has 0 saturated heterocycles. The van der Waals surface area contributed by atoms with Crippen LogP contribution in [0.5, 0.6) is 0 Å². The maximum absolute atomic E-state index is 12.4. The molecule has 0 atom stereocenters. The first-order valence-corrected chi connectivity index (χ1v) is 7.52. The number of pyridine rings is 1. The summed E-state index contributed by atoms with van der Waals surface area (Å²) in [5, 5.41) is 9.40. The Bertz CT molecular complexity index is 859. The number of anilines is 1. The van der Waals surface area contributed by atoms with Crippen molar-refractivity contribution in [1.82, 2.24) is 4.98 Å². The van der Waals surface area contributed by atoms with Crippen LogP contribution in [-0.4, -0.2) is 31.7 Å². The Balaban J connectivity index is 2.77. The standard InChI is InChI=1S/C18H19N3O3/c1-5-24-18(23)15-11(2)20-17(22)14(10-19)16(15)12-6-8-13(9-7-12)21(3)4/h6-9H,5H2,1-4H3,(H,20,22). The van der Waals surface area contributed by atoms with E-state index in [4.69, 9.17) is 4.74 Å². The second kappa shape index (κ2) is 7.01. The number of rotatable bonds is 4. The summed E-state index contributed by atoms with van der Waals surface area (Å²) in [6.07, 6.45) is 0. The minimum atomic E-state index is -0.561. The van der Waals surface area contributed by atoms with Gasteiger partial charge in [-0.15, -0.1) is 0 Å². The molecule has 24 heavy (non-hydrogen) atoms. The van der Waals surface area contributed by atoms with Crippen molar-refractivity contribution in [3.05, 3.63) is 51.4 Å². The predicted octanol–water partition coefficient (Wildman–Crippen LogP) is 2.46. The first kappa shape index (κ1) is 17.3. The first-order chi connectivity index (χ1) is 11.4.